The third-order valence-electron chi connectivity index (χ3n) is 2.77. The molecule has 100 valence electrons. The van der Waals surface area contributed by atoms with Crippen LogP contribution in [-0.4, -0.2) is 30.3 Å². The number of halogens is 1. The maximum Gasteiger partial charge on any atom is 0.158 e. The first-order valence-electron chi connectivity index (χ1n) is 5.66. The lowest BCUT2D eigenvalue weighted by Crippen LogP contribution is -2.32. The fourth-order valence-corrected chi connectivity index (χ4v) is 3.20. The Hall–Kier alpha value is -1.43. The van der Waals surface area contributed by atoms with Gasteiger partial charge in [0.2, 0.25) is 0 Å². The molecule has 1 aromatic carbocycles. The lowest BCUT2D eigenvalue weighted by atomic mass is 10.1. The van der Waals surface area contributed by atoms with E-state index in [2.05, 4.69) is 5.16 Å². The highest BCUT2D eigenvalue weighted by atomic mass is 32.2. The summed E-state index contributed by atoms with van der Waals surface area (Å²) < 4.78 is 37.4. The smallest absolute Gasteiger partial charge is 0.158 e. The molecule has 0 amide bonds. The molecule has 1 unspecified atom stereocenters. The Morgan fingerprint density at radius 1 is 1.39 bits per heavy atom. The van der Waals surface area contributed by atoms with E-state index in [1.807, 2.05) is 0 Å². The van der Waals surface area contributed by atoms with Crippen molar-refractivity contribution in [3.63, 3.8) is 0 Å². The molecule has 1 aromatic rings. The molecule has 0 aliphatic rings. The molecule has 1 N–H and O–H groups in total. The molecule has 0 aromatic heterocycles. The summed E-state index contributed by atoms with van der Waals surface area (Å²) in [6, 6.07) is 5.65. The lowest BCUT2D eigenvalue weighted by molar-refractivity contribution is 0.317. The van der Waals surface area contributed by atoms with Crippen molar-refractivity contribution in [1.29, 1.82) is 0 Å². The quantitative estimate of drug-likeness (QED) is 0.508. The fraction of sp³-hybridized carbons (Fsp3) is 0.417. The first-order valence-corrected chi connectivity index (χ1v) is 7.37. The summed E-state index contributed by atoms with van der Waals surface area (Å²) in [6.07, 6.45) is 0.226. The molecule has 0 heterocycles. The van der Waals surface area contributed by atoms with Crippen molar-refractivity contribution in [3.8, 4) is 0 Å². The number of hydrogen-bond acceptors (Lipinski definition) is 4. The van der Waals surface area contributed by atoms with Gasteiger partial charge in [0, 0.05) is 11.3 Å². The Kier molecular flexibility index (Phi) is 4.84. The van der Waals surface area contributed by atoms with E-state index in [4.69, 9.17) is 5.21 Å². The largest absolute Gasteiger partial charge is 0.411 e. The third-order valence-corrected chi connectivity index (χ3v) is 5.00. The van der Waals surface area contributed by atoms with Crippen LogP contribution in [-0.2, 0) is 9.84 Å². The molecular weight excluding hydrogens is 257 g/mol. The van der Waals surface area contributed by atoms with Crippen molar-refractivity contribution >= 4 is 15.5 Å². The summed E-state index contributed by atoms with van der Waals surface area (Å²) in [6.45, 7) is 3.16. The minimum atomic E-state index is -3.44. The average molecular weight is 273 g/mol. The van der Waals surface area contributed by atoms with Gasteiger partial charge in [-0.15, -0.1) is 0 Å². The lowest BCUT2D eigenvalue weighted by Gasteiger charge is -2.16. The summed E-state index contributed by atoms with van der Waals surface area (Å²) in [5.41, 5.74) is -0.124. The van der Waals surface area contributed by atoms with E-state index in [1.54, 1.807) is 13.0 Å². The van der Waals surface area contributed by atoms with Crippen molar-refractivity contribution in [2.24, 2.45) is 5.16 Å². The van der Waals surface area contributed by atoms with Crippen LogP contribution in [0.2, 0.25) is 0 Å². The van der Waals surface area contributed by atoms with Gasteiger partial charge in [0.1, 0.15) is 16.8 Å². The highest BCUT2D eigenvalue weighted by Gasteiger charge is 2.30. The predicted octanol–water partition coefficient (Wildman–Crippen LogP) is 2.22. The van der Waals surface area contributed by atoms with Gasteiger partial charge in [-0.05, 0) is 12.5 Å². The molecule has 0 saturated carbocycles. The summed E-state index contributed by atoms with van der Waals surface area (Å²) in [5, 5.41) is 11.0. The molecule has 0 spiro atoms. The van der Waals surface area contributed by atoms with Crippen LogP contribution >= 0.6 is 0 Å². The van der Waals surface area contributed by atoms with Crippen LogP contribution in [0.15, 0.2) is 29.4 Å². The van der Waals surface area contributed by atoms with Gasteiger partial charge in [-0.1, -0.05) is 37.2 Å². The molecule has 18 heavy (non-hydrogen) atoms. The summed E-state index contributed by atoms with van der Waals surface area (Å²) in [7, 11) is -3.44. The van der Waals surface area contributed by atoms with Crippen molar-refractivity contribution in [2.45, 2.75) is 25.5 Å². The second kappa shape index (κ2) is 5.95. The van der Waals surface area contributed by atoms with E-state index in [0.29, 0.717) is 0 Å². The normalized spacial score (nSPS) is 14.5. The zero-order valence-corrected chi connectivity index (χ0v) is 11.1. The second-order valence-electron chi connectivity index (χ2n) is 3.81. The van der Waals surface area contributed by atoms with Crippen molar-refractivity contribution in [3.05, 3.63) is 35.6 Å². The van der Waals surface area contributed by atoms with Gasteiger partial charge in [-0.3, -0.25) is 0 Å². The summed E-state index contributed by atoms with van der Waals surface area (Å²) in [5.74, 6) is -0.686. The standard InChI is InChI=1S/C12H16FNO3S/c1-3-11(18(16,17)4-2)12(14-15)9-7-5-6-8-10(9)13/h5-8,11,15H,3-4H2,1-2H3/b14-12+. The number of rotatable bonds is 5. The zero-order valence-electron chi connectivity index (χ0n) is 10.3. The molecule has 0 fully saturated rings. The SMILES string of the molecule is CCC(/C(=N/O)c1ccccc1F)S(=O)(=O)CC. The average Bonchev–Trinajstić information content (AvgIpc) is 2.36. The van der Waals surface area contributed by atoms with Gasteiger partial charge in [-0.25, -0.2) is 12.8 Å². The molecule has 0 aliphatic carbocycles. The maximum atomic E-state index is 13.6. The molecule has 1 atom stereocenters. The zero-order chi connectivity index (χ0) is 13.8. The van der Waals surface area contributed by atoms with Crippen LogP contribution in [0.5, 0.6) is 0 Å². The third kappa shape index (κ3) is 2.87. The van der Waals surface area contributed by atoms with Gasteiger partial charge in [0.05, 0.1) is 0 Å². The number of benzene rings is 1. The van der Waals surface area contributed by atoms with E-state index in [0.717, 1.165) is 0 Å². The molecule has 4 nitrogen and oxygen atoms in total. The fourth-order valence-electron chi connectivity index (χ4n) is 1.78. The van der Waals surface area contributed by atoms with E-state index < -0.39 is 20.9 Å². The molecule has 6 heteroatoms. The second-order valence-corrected chi connectivity index (χ2v) is 6.29. The Bertz CT molecular complexity index is 540. The van der Waals surface area contributed by atoms with E-state index in [1.165, 1.54) is 25.1 Å². The van der Waals surface area contributed by atoms with Crippen LogP contribution in [0.4, 0.5) is 4.39 Å². The molecule has 0 radical (unpaired) electrons. The molecule has 0 bridgehead atoms. The minimum Gasteiger partial charge on any atom is -0.411 e. The van der Waals surface area contributed by atoms with Crippen LogP contribution in [0.3, 0.4) is 0 Å². The van der Waals surface area contributed by atoms with Gasteiger partial charge >= 0.3 is 0 Å². The topological polar surface area (TPSA) is 66.7 Å². The monoisotopic (exact) mass is 273 g/mol. The minimum absolute atomic E-state index is 0.0175. The molecule has 1 rings (SSSR count). The molecule has 0 aliphatic heterocycles. The maximum absolute atomic E-state index is 13.6. The van der Waals surface area contributed by atoms with Gasteiger partial charge in [0.15, 0.2) is 9.84 Å². The van der Waals surface area contributed by atoms with E-state index >= 15 is 0 Å². The Labute approximate surface area is 106 Å². The number of sulfone groups is 1. The van der Waals surface area contributed by atoms with Crippen LogP contribution in [0.1, 0.15) is 25.8 Å². The Morgan fingerprint density at radius 2 is 2.00 bits per heavy atom. The first-order chi connectivity index (χ1) is 8.47. The highest BCUT2D eigenvalue weighted by molar-refractivity contribution is 7.92. The predicted molar refractivity (Wildman–Crippen MR) is 68.3 cm³/mol. The van der Waals surface area contributed by atoms with Crippen LogP contribution in [0.25, 0.3) is 0 Å². The van der Waals surface area contributed by atoms with Crippen molar-refractivity contribution < 1.29 is 18.0 Å². The van der Waals surface area contributed by atoms with Crippen LogP contribution < -0.4 is 0 Å². The summed E-state index contributed by atoms with van der Waals surface area (Å²) >= 11 is 0. The van der Waals surface area contributed by atoms with Crippen molar-refractivity contribution in [1.82, 2.24) is 0 Å². The number of hydrogen-bond donors (Lipinski definition) is 1. The van der Waals surface area contributed by atoms with Gasteiger partial charge in [0.25, 0.3) is 0 Å². The highest BCUT2D eigenvalue weighted by Crippen LogP contribution is 2.18. The van der Waals surface area contributed by atoms with E-state index in [9.17, 15) is 12.8 Å². The molecule has 0 saturated heterocycles. The Balaban J connectivity index is 3.31. The van der Waals surface area contributed by atoms with Crippen LogP contribution in [0, 0.1) is 5.82 Å². The first kappa shape index (κ1) is 14.6. The number of nitrogens with zero attached hydrogens (tertiary/aromatic N) is 1. The molecular formula is C12H16FNO3S. The summed E-state index contributed by atoms with van der Waals surface area (Å²) in [4.78, 5) is 0. The van der Waals surface area contributed by atoms with Gasteiger partial charge < -0.3 is 5.21 Å². The van der Waals surface area contributed by atoms with Gasteiger partial charge in [-0.2, -0.15) is 0 Å². The Morgan fingerprint density at radius 3 is 2.44 bits per heavy atom. The van der Waals surface area contributed by atoms with Crippen molar-refractivity contribution in [2.75, 3.05) is 5.75 Å². The van der Waals surface area contributed by atoms with E-state index in [-0.39, 0.29) is 23.4 Å². The number of oxime groups is 1.